The number of aromatic nitrogens is 1. The lowest BCUT2D eigenvalue weighted by Crippen LogP contribution is -2.55. The molecule has 2 heterocycles. The zero-order valence-electron chi connectivity index (χ0n) is 13.3. The molecule has 1 N–H and O–H groups in total. The van der Waals surface area contributed by atoms with Gasteiger partial charge >= 0.3 is 0 Å². The summed E-state index contributed by atoms with van der Waals surface area (Å²) in [5.41, 5.74) is 0. The Hall–Kier alpha value is -1.95. The predicted molar refractivity (Wildman–Crippen MR) is 85.4 cm³/mol. The van der Waals surface area contributed by atoms with Crippen molar-refractivity contribution in [2.45, 2.75) is 32.7 Å². The van der Waals surface area contributed by atoms with Crippen molar-refractivity contribution in [2.24, 2.45) is 0 Å². The minimum absolute atomic E-state index is 0.109. The van der Waals surface area contributed by atoms with Gasteiger partial charge in [-0.05, 0) is 25.5 Å². The first-order chi connectivity index (χ1) is 10.6. The van der Waals surface area contributed by atoms with Crippen LogP contribution in [-0.2, 0) is 9.59 Å². The monoisotopic (exact) mass is 304 g/mol. The molecule has 2 amide bonds. The largest absolute Gasteiger partial charge is 0.340 e. The van der Waals surface area contributed by atoms with E-state index in [9.17, 15) is 9.59 Å². The summed E-state index contributed by atoms with van der Waals surface area (Å²) < 4.78 is 0. The minimum atomic E-state index is -0.348. The van der Waals surface area contributed by atoms with Gasteiger partial charge in [-0.1, -0.05) is 19.4 Å². The zero-order valence-corrected chi connectivity index (χ0v) is 13.3. The van der Waals surface area contributed by atoms with Crippen LogP contribution in [0.1, 0.15) is 26.7 Å². The highest BCUT2D eigenvalue weighted by atomic mass is 16.2. The molecular formula is C16H24N4O2. The van der Waals surface area contributed by atoms with Crippen molar-refractivity contribution in [1.82, 2.24) is 14.8 Å². The summed E-state index contributed by atoms with van der Waals surface area (Å²) in [4.78, 5) is 32.3. The van der Waals surface area contributed by atoms with E-state index in [0.717, 1.165) is 25.9 Å². The number of nitrogens with one attached hydrogen (secondary N) is 1. The summed E-state index contributed by atoms with van der Waals surface area (Å²) in [5.74, 6) is 0.512. The molecule has 1 fully saturated rings. The van der Waals surface area contributed by atoms with E-state index in [-0.39, 0.29) is 17.9 Å². The SMILES string of the molecule is CCCCN1CCN(C(C)C(=O)Nc2ccccn2)CC1=O. The van der Waals surface area contributed by atoms with Gasteiger partial charge in [-0.2, -0.15) is 0 Å². The molecule has 22 heavy (non-hydrogen) atoms. The highest BCUT2D eigenvalue weighted by Gasteiger charge is 2.29. The maximum absolute atomic E-state index is 12.3. The number of hydrogen-bond acceptors (Lipinski definition) is 4. The summed E-state index contributed by atoms with van der Waals surface area (Å²) in [6, 6.07) is 5.02. The number of hydrogen-bond donors (Lipinski definition) is 1. The van der Waals surface area contributed by atoms with E-state index < -0.39 is 0 Å². The zero-order chi connectivity index (χ0) is 15.9. The molecule has 0 saturated carbocycles. The van der Waals surface area contributed by atoms with Gasteiger partial charge in [-0.3, -0.25) is 14.5 Å². The van der Waals surface area contributed by atoms with Gasteiger partial charge in [0.15, 0.2) is 0 Å². The van der Waals surface area contributed by atoms with E-state index in [1.807, 2.05) is 22.8 Å². The second-order valence-corrected chi connectivity index (χ2v) is 5.59. The summed E-state index contributed by atoms with van der Waals surface area (Å²) in [6.45, 7) is 6.49. The Morgan fingerprint density at radius 1 is 1.41 bits per heavy atom. The van der Waals surface area contributed by atoms with Crippen LogP contribution in [0.4, 0.5) is 5.82 Å². The van der Waals surface area contributed by atoms with Crippen LogP contribution >= 0.6 is 0 Å². The van der Waals surface area contributed by atoms with Crippen LogP contribution in [0.3, 0.4) is 0 Å². The molecule has 0 aliphatic carbocycles. The molecule has 2 rings (SSSR count). The lowest BCUT2D eigenvalue weighted by atomic mass is 10.2. The van der Waals surface area contributed by atoms with Crippen LogP contribution in [0.25, 0.3) is 0 Å². The van der Waals surface area contributed by atoms with Crippen molar-refractivity contribution in [2.75, 3.05) is 31.5 Å². The van der Waals surface area contributed by atoms with Crippen molar-refractivity contribution in [3.8, 4) is 0 Å². The second-order valence-electron chi connectivity index (χ2n) is 5.59. The molecular weight excluding hydrogens is 280 g/mol. The lowest BCUT2D eigenvalue weighted by Gasteiger charge is -2.36. The topological polar surface area (TPSA) is 65.5 Å². The number of piperazine rings is 1. The molecule has 1 unspecified atom stereocenters. The van der Waals surface area contributed by atoms with E-state index in [1.165, 1.54) is 0 Å². The van der Waals surface area contributed by atoms with Gasteiger partial charge in [0.1, 0.15) is 5.82 Å². The summed E-state index contributed by atoms with van der Waals surface area (Å²) in [5, 5.41) is 2.78. The third kappa shape index (κ3) is 4.27. The molecule has 0 radical (unpaired) electrons. The standard InChI is InChI=1S/C16H24N4O2/c1-3-4-9-19-10-11-20(12-15(19)21)13(2)16(22)18-14-7-5-6-8-17-14/h5-8,13H,3-4,9-12H2,1-2H3,(H,17,18,22). The maximum atomic E-state index is 12.3. The third-order valence-electron chi connectivity index (χ3n) is 3.97. The molecule has 1 aromatic rings. The highest BCUT2D eigenvalue weighted by molar-refractivity contribution is 5.94. The maximum Gasteiger partial charge on any atom is 0.242 e. The molecule has 1 aromatic heterocycles. The molecule has 0 bridgehead atoms. The molecule has 0 aromatic carbocycles. The Morgan fingerprint density at radius 3 is 2.86 bits per heavy atom. The van der Waals surface area contributed by atoms with Crippen molar-refractivity contribution < 1.29 is 9.59 Å². The van der Waals surface area contributed by atoms with Crippen molar-refractivity contribution in [3.05, 3.63) is 24.4 Å². The smallest absolute Gasteiger partial charge is 0.242 e. The first-order valence-electron chi connectivity index (χ1n) is 7.85. The number of rotatable bonds is 6. The molecule has 1 aliphatic heterocycles. The van der Waals surface area contributed by atoms with Crippen LogP contribution < -0.4 is 5.32 Å². The minimum Gasteiger partial charge on any atom is -0.340 e. The van der Waals surface area contributed by atoms with Crippen LogP contribution in [0.15, 0.2) is 24.4 Å². The number of nitrogens with zero attached hydrogens (tertiary/aromatic N) is 3. The van der Waals surface area contributed by atoms with Crippen LogP contribution in [-0.4, -0.2) is 58.8 Å². The molecule has 1 atom stereocenters. The van der Waals surface area contributed by atoms with E-state index in [4.69, 9.17) is 0 Å². The number of pyridine rings is 1. The van der Waals surface area contributed by atoms with Crippen molar-refractivity contribution in [3.63, 3.8) is 0 Å². The number of carbonyl (C=O) groups excluding carboxylic acids is 2. The number of unbranched alkanes of at least 4 members (excludes halogenated alkanes) is 1. The third-order valence-corrected chi connectivity index (χ3v) is 3.97. The average molecular weight is 304 g/mol. The summed E-state index contributed by atoms with van der Waals surface area (Å²) in [7, 11) is 0. The first-order valence-corrected chi connectivity index (χ1v) is 7.85. The van der Waals surface area contributed by atoms with Gasteiger partial charge in [0.05, 0.1) is 12.6 Å². The van der Waals surface area contributed by atoms with Crippen LogP contribution in [0.5, 0.6) is 0 Å². The fourth-order valence-electron chi connectivity index (χ4n) is 2.48. The fraction of sp³-hybridized carbons (Fsp3) is 0.562. The fourth-order valence-corrected chi connectivity index (χ4v) is 2.48. The number of carbonyl (C=O) groups is 2. The van der Waals surface area contributed by atoms with Crippen LogP contribution in [0, 0.1) is 0 Å². The van der Waals surface area contributed by atoms with E-state index in [0.29, 0.717) is 18.9 Å². The summed E-state index contributed by atoms with van der Waals surface area (Å²) >= 11 is 0. The quantitative estimate of drug-likeness (QED) is 0.861. The van der Waals surface area contributed by atoms with Gasteiger partial charge < -0.3 is 10.2 Å². The van der Waals surface area contributed by atoms with Crippen LogP contribution in [0.2, 0.25) is 0 Å². The Labute approximate surface area is 131 Å². The Morgan fingerprint density at radius 2 is 2.23 bits per heavy atom. The number of anilines is 1. The van der Waals surface area contributed by atoms with Crippen molar-refractivity contribution in [1.29, 1.82) is 0 Å². The Kier molecular flexibility index (Phi) is 5.89. The number of amides is 2. The molecule has 1 aliphatic rings. The van der Waals surface area contributed by atoms with Gasteiger partial charge in [0.2, 0.25) is 11.8 Å². The average Bonchev–Trinajstić information content (AvgIpc) is 2.54. The molecule has 0 spiro atoms. The van der Waals surface area contributed by atoms with Gasteiger partial charge in [-0.25, -0.2) is 4.98 Å². The summed E-state index contributed by atoms with van der Waals surface area (Å²) in [6.07, 6.45) is 3.74. The highest BCUT2D eigenvalue weighted by Crippen LogP contribution is 2.10. The van der Waals surface area contributed by atoms with E-state index in [1.54, 1.807) is 18.3 Å². The molecule has 120 valence electrons. The predicted octanol–water partition coefficient (Wildman–Crippen LogP) is 1.35. The first kappa shape index (κ1) is 16.4. The van der Waals surface area contributed by atoms with Gasteiger partial charge in [0.25, 0.3) is 0 Å². The van der Waals surface area contributed by atoms with E-state index >= 15 is 0 Å². The Bertz CT molecular complexity index is 506. The normalized spacial score (nSPS) is 17.4. The second kappa shape index (κ2) is 7.89. The van der Waals surface area contributed by atoms with Gasteiger partial charge in [-0.15, -0.1) is 0 Å². The lowest BCUT2D eigenvalue weighted by molar-refractivity contribution is -0.138. The van der Waals surface area contributed by atoms with E-state index in [2.05, 4.69) is 17.2 Å². The Balaban J connectivity index is 1.87. The molecule has 6 nitrogen and oxygen atoms in total. The molecule has 1 saturated heterocycles. The van der Waals surface area contributed by atoms with Crippen molar-refractivity contribution >= 4 is 17.6 Å². The molecule has 6 heteroatoms. The van der Waals surface area contributed by atoms with Gasteiger partial charge in [0, 0.05) is 25.8 Å².